The van der Waals surface area contributed by atoms with Crippen LogP contribution in [-0.2, 0) is 19.1 Å². The summed E-state index contributed by atoms with van der Waals surface area (Å²) >= 11 is 0. The molecule has 5 N–H and O–H groups in total. The number of carboxylic acid groups (broad SMARTS) is 1. The monoisotopic (exact) mass is 476 g/mol. The number of carbonyl (C=O) groups is 4. The Kier molecular flexibility index (Phi) is 11.1. The van der Waals surface area contributed by atoms with Gasteiger partial charge in [0.15, 0.2) is 5.78 Å². The van der Waals surface area contributed by atoms with Crippen molar-refractivity contribution in [1.82, 2.24) is 0 Å². The molecule has 0 unspecified atom stereocenters. The van der Waals surface area contributed by atoms with E-state index in [1.807, 2.05) is 0 Å². The lowest BCUT2D eigenvalue weighted by atomic mass is 10.0. The lowest BCUT2D eigenvalue weighted by molar-refractivity contribution is -0.163. The Hall–Kier alpha value is -4.08. The van der Waals surface area contributed by atoms with Gasteiger partial charge in [0, 0.05) is 37.8 Å². The van der Waals surface area contributed by atoms with Crippen LogP contribution in [0.2, 0.25) is 0 Å². The van der Waals surface area contributed by atoms with Gasteiger partial charge >= 0.3 is 17.9 Å². The highest BCUT2D eigenvalue weighted by Crippen LogP contribution is 2.28. The van der Waals surface area contributed by atoms with Crippen LogP contribution in [0.3, 0.4) is 0 Å². The van der Waals surface area contributed by atoms with Crippen LogP contribution in [0.25, 0.3) is 0 Å². The lowest BCUT2D eigenvalue weighted by Gasteiger charge is -2.06. The van der Waals surface area contributed by atoms with Gasteiger partial charge in [-0.3, -0.25) is 19.2 Å². The highest BCUT2D eigenvalue weighted by atomic mass is 16.6. The summed E-state index contributed by atoms with van der Waals surface area (Å²) in [7, 11) is 0. The van der Waals surface area contributed by atoms with Gasteiger partial charge in [0.05, 0.1) is 5.56 Å². The average molecular weight is 476 g/mol. The number of Topliss-reactive ketones (excluding diaryl/α,β-unsaturated/α-hetero) is 1. The molecule has 1 aliphatic rings. The zero-order valence-corrected chi connectivity index (χ0v) is 18.9. The van der Waals surface area contributed by atoms with Gasteiger partial charge in [0.25, 0.3) is 0 Å². The maximum Gasteiger partial charge on any atom is 0.313 e. The number of hydrogen-bond donors (Lipinski definition) is 5. The van der Waals surface area contributed by atoms with Gasteiger partial charge in [0.2, 0.25) is 0 Å². The van der Waals surface area contributed by atoms with E-state index in [0.29, 0.717) is 24.8 Å². The molecule has 1 heterocycles. The van der Waals surface area contributed by atoms with Crippen LogP contribution in [0.15, 0.2) is 30.3 Å². The maximum atomic E-state index is 11.7. The van der Waals surface area contributed by atoms with Crippen molar-refractivity contribution < 1.29 is 49.4 Å². The minimum atomic E-state index is -0.955. The summed E-state index contributed by atoms with van der Waals surface area (Å²) in [4.78, 5) is 42.4. The van der Waals surface area contributed by atoms with E-state index in [9.17, 15) is 29.4 Å². The minimum Gasteiger partial charge on any atom is -0.508 e. The number of phenols is 4. The van der Waals surface area contributed by atoms with Crippen molar-refractivity contribution in [3.63, 3.8) is 0 Å². The minimum absolute atomic E-state index is 0.0596. The molecule has 0 atom stereocenters. The van der Waals surface area contributed by atoms with Gasteiger partial charge in [-0.2, -0.15) is 0 Å². The molecule has 10 heteroatoms. The Morgan fingerprint density at radius 2 is 1.41 bits per heavy atom. The molecule has 2 aromatic rings. The van der Waals surface area contributed by atoms with Crippen molar-refractivity contribution in [3.8, 4) is 23.0 Å². The van der Waals surface area contributed by atoms with Crippen LogP contribution in [0, 0.1) is 13.8 Å². The van der Waals surface area contributed by atoms with Crippen molar-refractivity contribution >= 4 is 23.7 Å². The molecule has 1 aliphatic heterocycles. The van der Waals surface area contributed by atoms with Crippen molar-refractivity contribution in [2.45, 2.75) is 52.4 Å². The fourth-order valence-electron chi connectivity index (χ4n) is 2.65. The first kappa shape index (κ1) is 28.0. The van der Waals surface area contributed by atoms with Gasteiger partial charge in [-0.1, -0.05) is 6.07 Å². The number of rotatable bonds is 5. The summed E-state index contributed by atoms with van der Waals surface area (Å²) in [5.74, 6) is -2.19. The first-order chi connectivity index (χ1) is 15.9. The van der Waals surface area contributed by atoms with Crippen LogP contribution in [0.1, 0.15) is 60.0 Å². The number of esters is 2. The Morgan fingerprint density at radius 3 is 1.88 bits per heavy atom. The number of ketones is 1. The molecule has 0 bridgehead atoms. The molecule has 3 rings (SSSR count). The topological polar surface area (TPSA) is 179 Å². The third kappa shape index (κ3) is 10.0. The Labute approximate surface area is 196 Å². The van der Waals surface area contributed by atoms with E-state index in [1.54, 1.807) is 19.9 Å². The number of aliphatic carboxylic acids is 1. The summed E-state index contributed by atoms with van der Waals surface area (Å²) in [5.41, 5.74) is 1.38. The molecule has 0 radical (unpaired) electrons. The zero-order valence-electron chi connectivity index (χ0n) is 18.9. The Bertz CT molecular complexity index is 1030. The molecule has 0 amide bonds. The predicted octanol–water partition coefficient (Wildman–Crippen LogP) is 3.49. The zero-order chi connectivity index (χ0) is 25.8. The second-order valence-corrected chi connectivity index (χ2v) is 7.50. The second-order valence-electron chi connectivity index (χ2n) is 7.50. The van der Waals surface area contributed by atoms with Crippen molar-refractivity contribution in [2.75, 3.05) is 0 Å². The largest absolute Gasteiger partial charge is 0.508 e. The third-order valence-electron chi connectivity index (χ3n) is 4.59. The molecule has 1 saturated heterocycles. The first-order valence-electron chi connectivity index (χ1n) is 10.4. The van der Waals surface area contributed by atoms with Crippen LogP contribution in [-0.4, -0.2) is 49.2 Å². The Morgan fingerprint density at radius 1 is 0.824 bits per heavy atom. The number of carboxylic acids is 1. The van der Waals surface area contributed by atoms with E-state index in [0.717, 1.165) is 11.6 Å². The number of carbonyl (C=O) groups excluding carboxylic acids is 3. The predicted molar refractivity (Wildman–Crippen MR) is 120 cm³/mol. The van der Waals surface area contributed by atoms with E-state index < -0.39 is 5.97 Å². The van der Waals surface area contributed by atoms with E-state index >= 15 is 0 Å². The van der Waals surface area contributed by atoms with Gasteiger partial charge in [-0.05, 0) is 49.9 Å². The number of aromatic hydroxyl groups is 4. The van der Waals surface area contributed by atoms with Gasteiger partial charge in [-0.15, -0.1) is 0 Å². The molecule has 1 fully saturated rings. The molecule has 34 heavy (non-hydrogen) atoms. The van der Waals surface area contributed by atoms with E-state index in [4.69, 9.17) is 15.3 Å². The molecular weight excluding hydrogens is 448 g/mol. The van der Waals surface area contributed by atoms with Crippen LogP contribution in [0.5, 0.6) is 23.0 Å². The SMILES string of the molecule is Cc1cc(C(=O)CCCC(=O)O)c(O)cc1O.Cc1ccc(O)cc1O.O=C1CCCC(=O)O1. The van der Waals surface area contributed by atoms with Crippen LogP contribution < -0.4 is 0 Å². The quantitative estimate of drug-likeness (QED) is 0.244. The summed E-state index contributed by atoms with van der Waals surface area (Å²) in [5, 5.41) is 45.0. The molecule has 0 saturated carbocycles. The second kappa shape index (κ2) is 13.5. The van der Waals surface area contributed by atoms with Crippen LogP contribution in [0.4, 0.5) is 0 Å². The smallest absolute Gasteiger partial charge is 0.313 e. The Balaban J connectivity index is 0.000000284. The molecule has 184 valence electrons. The number of ether oxygens (including phenoxy) is 1. The lowest BCUT2D eigenvalue weighted by Crippen LogP contribution is -2.17. The normalized spacial score (nSPS) is 12.4. The van der Waals surface area contributed by atoms with Crippen molar-refractivity contribution in [3.05, 3.63) is 47.0 Å². The highest BCUT2D eigenvalue weighted by Gasteiger charge is 2.16. The molecule has 0 aliphatic carbocycles. The third-order valence-corrected chi connectivity index (χ3v) is 4.59. The standard InChI is InChI=1S/C12H14O5.C7H8O2.C5H6O3/c1-7-5-8(11(15)6-10(7)14)9(13)3-2-4-12(16)17;1-5-2-3-6(8)4-7(5)9;6-4-2-1-3-5(7)8-4/h5-6,14-15H,2-4H2,1H3,(H,16,17);2-4,8-9H,1H3;1-3H2. The average Bonchev–Trinajstić information content (AvgIpc) is 2.74. The number of hydrogen-bond acceptors (Lipinski definition) is 9. The molecule has 0 spiro atoms. The van der Waals surface area contributed by atoms with Crippen LogP contribution >= 0.6 is 0 Å². The highest BCUT2D eigenvalue weighted by molar-refractivity contribution is 5.99. The van der Waals surface area contributed by atoms with E-state index in [2.05, 4.69) is 4.74 Å². The van der Waals surface area contributed by atoms with Crippen molar-refractivity contribution in [2.24, 2.45) is 0 Å². The summed E-state index contributed by atoms with van der Waals surface area (Å²) in [6.07, 6.45) is 1.65. The summed E-state index contributed by atoms with van der Waals surface area (Å²) in [6, 6.07) is 7.02. The maximum absolute atomic E-state index is 11.7. The molecular formula is C24H28O10. The van der Waals surface area contributed by atoms with E-state index in [1.165, 1.54) is 18.2 Å². The summed E-state index contributed by atoms with van der Waals surface area (Å²) in [6.45, 7) is 3.39. The number of cyclic esters (lactones) is 2. The first-order valence-corrected chi connectivity index (χ1v) is 10.4. The van der Waals surface area contributed by atoms with Crippen molar-refractivity contribution in [1.29, 1.82) is 0 Å². The molecule has 2 aromatic carbocycles. The van der Waals surface area contributed by atoms with E-state index in [-0.39, 0.29) is 65.5 Å². The van der Waals surface area contributed by atoms with Gasteiger partial charge in [0.1, 0.15) is 23.0 Å². The van der Waals surface area contributed by atoms with Gasteiger partial charge in [-0.25, -0.2) is 0 Å². The number of aryl methyl sites for hydroxylation is 2. The number of benzene rings is 2. The summed E-state index contributed by atoms with van der Waals surface area (Å²) < 4.78 is 4.21. The van der Waals surface area contributed by atoms with Gasteiger partial charge < -0.3 is 30.3 Å². The molecule has 0 aromatic heterocycles. The fourth-order valence-corrected chi connectivity index (χ4v) is 2.65. The number of phenolic OH excluding ortho intramolecular Hbond substituents is 4. The fraction of sp³-hybridized carbons (Fsp3) is 0.333. The molecule has 10 nitrogen and oxygen atoms in total.